The molecule has 0 aromatic heterocycles. The van der Waals surface area contributed by atoms with Crippen LogP contribution in [-0.2, 0) is 4.79 Å². The zero-order valence-corrected chi connectivity index (χ0v) is 11.9. The lowest BCUT2D eigenvalue weighted by Gasteiger charge is -2.02. The van der Waals surface area contributed by atoms with Crippen LogP contribution in [0.1, 0.15) is 101 Å². The minimum Gasteiger partial charge on any atom is -0.481 e. The molecule has 0 aliphatic rings. The van der Waals surface area contributed by atoms with E-state index in [0.29, 0.717) is 12.8 Å². The zero-order valence-electron chi connectivity index (χ0n) is 14.9. The predicted molar refractivity (Wildman–Crippen MR) is 77.9 cm³/mol. The van der Waals surface area contributed by atoms with Crippen molar-refractivity contribution in [3.05, 3.63) is 0 Å². The molecule has 0 aromatic carbocycles. The molecule has 2 nitrogen and oxygen atoms in total. The summed E-state index contributed by atoms with van der Waals surface area (Å²) in [5, 5.41) is 8.56. The van der Waals surface area contributed by atoms with Gasteiger partial charge in [-0.05, 0) is 6.42 Å². The normalized spacial score (nSPS) is 15.7. The van der Waals surface area contributed by atoms with Crippen molar-refractivity contribution in [3.8, 4) is 0 Å². The SMILES string of the molecule is [2H]C(CCCCCCCCCC)C([2H])([2H])CCCC(=O)O. The van der Waals surface area contributed by atoms with Gasteiger partial charge in [0.1, 0.15) is 0 Å². The van der Waals surface area contributed by atoms with E-state index in [4.69, 9.17) is 9.22 Å². The Balaban J connectivity index is 3.62. The molecule has 0 aliphatic carbocycles. The Labute approximate surface area is 117 Å². The molecule has 0 amide bonds. The molecule has 0 fully saturated rings. The van der Waals surface area contributed by atoms with Crippen molar-refractivity contribution < 1.29 is 14.0 Å². The van der Waals surface area contributed by atoms with E-state index in [9.17, 15) is 4.79 Å². The Bertz CT molecular complexity index is 270. The van der Waals surface area contributed by atoms with Crippen LogP contribution in [0.15, 0.2) is 0 Å². The third-order valence-corrected chi connectivity index (χ3v) is 3.06. The summed E-state index contributed by atoms with van der Waals surface area (Å²) in [5.41, 5.74) is 0. The lowest BCUT2D eigenvalue weighted by atomic mass is 10.0. The predicted octanol–water partition coefficient (Wildman–Crippen LogP) is 5.55. The first-order valence-corrected chi connectivity index (χ1v) is 7.54. The van der Waals surface area contributed by atoms with Gasteiger partial charge in [0, 0.05) is 10.5 Å². The van der Waals surface area contributed by atoms with Crippen LogP contribution in [0.3, 0.4) is 0 Å². The molecule has 0 saturated heterocycles. The van der Waals surface area contributed by atoms with E-state index < -0.39 is 18.7 Å². The second-order valence-corrected chi connectivity index (χ2v) is 4.92. The fourth-order valence-corrected chi connectivity index (χ4v) is 1.93. The van der Waals surface area contributed by atoms with Crippen LogP contribution in [0, 0.1) is 0 Å². The Hall–Kier alpha value is -0.530. The van der Waals surface area contributed by atoms with E-state index in [1.54, 1.807) is 0 Å². The van der Waals surface area contributed by atoms with Crippen molar-refractivity contribution in [3.63, 3.8) is 0 Å². The summed E-state index contributed by atoms with van der Waals surface area (Å²) in [5.74, 6) is -0.893. The Morgan fingerprint density at radius 2 is 1.44 bits per heavy atom. The van der Waals surface area contributed by atoms with Gasteiger partial charge in [-0.15, -0.1) is 0 Å². The van der Waals surface area contributed by atoms with E-state index in [1.165, 1.54) is 38.5 Å². The summed E-state index contributed by atoms with van der Waals surface area (Å²) >= 11 is 0. The van der Waals surface area contributed by atoms with Gasteiger partial charge >= 0.3 is 5.97 Å². The van der Waals surface area contributed by atoms with Gasteiger partial charge in [0.2, 0.25) is 0 Å². The lowest BCUT2D eigenvalue weighted by molar-refractivity contribution is -0.137. The average molecular weight is 259 g/mol. The number of carbonyl (C=O) groups is 1. The van der Waals surface area contributed by atoms with Crippen LogP contribution in [-0.4, -0.2) is 11.1 Å². The lowest BCUT2D eigenvalue weighted by Crippen LogP contribution is -1.93. The quantitative estimate of drug-likeness (QED) is 0.415. The number of hydrogen-bond acceptors (Lipinski definition) is 1. The van der Waals surface area contributed by atoms with Crippen LogP contribution in [0.2, 0.25) is 0 Å². The molecule has 0 radical (unpaired) electrons. The summed E-state index contributed by atoms with van der Waals surface area (Å²) in [6.07, 6.45) is 8.33. The Morgan fingerprint density at radius 1 is 0.889 bits per heavy atom. The molecule has 2 heteroatoms. The maximum atomic E-state index is 10.4. The minimum absolute atomic E-state index is 0.00993. The van der Waals surface area contributed by atoms with Gasteiger partial charge in [-0.2, -0.15) is 0 Å². The second kappa shape index (κ2) is 14.5. The van der Waals surface area contributed by atoms with Crippen molar-refractivity contribution in [1.29, 1.82) is 0 Å². The van der Waals surface area contributed by atoms with Gasteiger partial charge in [0.15, 0.2) is 0 Å². The molecular weight excluding hydrogens is 224 g/mol. The van der Waals surface area contributed by atoms with E-state index >= 15 is 0 Å². The highest BCUT2D eigenvalue weighted by Crippen LogP contribution is 2.12. The molecule has 0 aromatic rings. The molecule has 18 heavy (non-hydrogen) atoms. The van der Waals surface area contributed by atoms with Crippen molar-refractivity contribution in [2.75, 3.05) is 0 Å². The van der Waals surface area contributed by atoms with Crippen LogP contribution in [0.5, 0.6) is 0 Å². The average Bonchev–Trinajstić information content (AvgIpc) is 2.40. The molecule has 1 unspecified atom stereocenters. The minimum atomic E-state index is -1.56. The first-order valence-electron chi connectivity index (χ1n) is 9.12. The molecule has 0 rings (SSSR count). The van der Waals surface area contributed by atoms with Crippen molar-refractivity contribution in [2.45, 2.75) is 96.7 Å². The summed E-state index contributed by atoms with van der Waals surface area (Å²) in [4.78, 5) is 10.4. The number of carboxylic acids is 1. The Kier molecular flexibility index (Phi) is 10.1. The highest BCUT2D eigenvalue weighted by atomic mass is 16.4. The van der Waals surface area contributed by atoms with Gasteiger partial charge in [0.25, 0.3) is 0 Å². The first kappa shape index (κ1) is 12.5. The second-order valence-electron chi connectivity index (χ2n) is 4.92. The van der Waals surface area contributed by atoms with Crippen LogP contribution < -0.4 is 0 Å². The van der Waals surface area contributed by atoms with Gasteiger partial charge in [0.05, 0.1) is 0 Å². The maximum absolute atomic E-state index is 10.4. The molecule has 0 spiro atoms. The standard InChI is InChI=1S/C16H32O2/c1-2-3-4-5-6-7-8-9-10-11-12-13-14-15-16(17)18/h2-15H2,1H3,(H,17,18)/i11D,12D2. The van der Waals surface area contributed by atoms with E-state index in [2.05, 4.69) is 6.92 Å². The number of unbranched alkanes of at least 4 members (excludes halogenated alkanes) is 7. The molecule has 108 valence electrons. The number of carboxylic acid groups (broad SMARTS) is 1. The Morgan fingerprint density at radius 3 is 2.00 bits per heavy atom. The summed E-state index contributed by atoms with van der Waals surface area (Å²) in [6.45, 7) is 2.21. The maximum Gasteiger partial charge on any atom is 0.303 e. The highest BCUT2D eigenvalue weighted by molar-refractivity contribution is 5.66. The van der Waals surface area contributed by atoms with E-state index in [0.717, 1.165) is 12.8 Å². The van der Waals surface area contributed by atoms with Gasteiger partial charge < -0.3 is 5.11 Å². The molecule has 1 N–H and O–H groups in total. The van der Waals surface area contributed by atoms with Gasteiger partial charge in [-0.3, -0.25) is 4.79 Å². The molecule has 1 atom stereocenters. The number of rotatable bonds is 14. The highest BCUT2D eigenvalue weighted by Gasteiger charge is 1.96. The smallest absolute Gasteiger partial charge is 0.303 e. The molecule has 0 heterocycles. The third kappa shape index (κ3) is 15.5. The van der Waals surface area contributed by atoms with E-state index in [-0.39, 0.29) is 12.8 Å². The van der Waals surface area contributed by atoms with Crippen molar-refractivity contribution in [2.24, 2.45) is 0 Å². The van der Waals surface area contributed by atoms with Crippen molar-refractivity contribution >= 4 is 5.97 Å². The van der Waals surface area contributed by atoms with Gasteiger partial charge in [-0.1, -0.05) is 83.9 Å². The number of aliphatic carboxylic acids is 1. The topological polar surface area (TPSA) is 37.3 Å². The fraction of sp³-hybridized carbons (Fsp3) is 0.938. The largest absolute Gasteiger partial charge is 0.481 e. The summed E-state index contributed by atoms with van der Waals surface area (Å²) < 4.78 is 23.6. The summed E-state index contributed by atoms with van der Waals surface area (Å²) in [7, 11) is 0. The molecule has 0 bridgehead atoms. The monoisotopic (exact) mass is 259 g/mol. The first-order chi connectivity index (χ1) is 9.90. The van der Waals surface area contributed by atoms with Crippen LogP contribution >= 0.6 is 0 Å². The van der Waals surface area contributed by atoms with Crippen molar-refractivity contribution in [1.82, 2.24) is 0 Å². The molecule has 0 aliphatic heterocycles. The van der Waals surface area contributed by atoms with E-state index in [1.807, 2.05) is 0 Å². The van der Waals surface area contributed by atoms with Crippen LogP contribution in [0.4, 0.5) is 0 Å². The molecular formula is C16H32O2. The van der Waals surface area contributed by atoms with Crippen LogP contribution in [0.25, 0.3) is 0 Å². The fourth-order valence-electron chi connectivity index (χ4n) is 1.93. The summed E-state index contributed by atoms with van der Waals surface area (Å²) in [6, 6.07) is 0. The third-order valence-electron chi connectivity index (χ3n) is 3.06. The number of hydrogen-bond donors (Lipinski definition) is 1. The molecule has 0 saturated carbocycles. The van der Waals surface area contributed by atoms with Gasteiger partial charge in [-0.25, -0.2) is 0 Å². The zero-order chi connectivity index (χ0) is 16.1.